The molecule has 142 valence electrons. The molecule has 1 aromatic rings. The van der Waals surface area contributed by atoms with Crippen LogP contribution in [0.1, 0.15) is 26.0 Å². The highest BCUT2D eigenvalue weighted by Crippen LogP contribution is 2.54. The number of alkyl halides is 2. The van der Waals surface area contributed by atoms with Crippen molar-refractivity contribution in [3.63, 3.8) is 0 Å². The number of nitrogens with zero attached hydrogens (tertiary/aromatic N) is 4. The lowest BCUT2D eigenvalue weighted by Gasteiger charge is -2.43. The fourth-order valence-electron chi connectivity index (χ4n) is 4.13. The third-order valence-electron chi connectivity index (χ3n) is 5.95. The minimum Gasteiger partial charge on any atom is -0.481 e. The van der Waals surface area contributed by atoms with Gasteiger partial charge in [0.25, 0.3) is 5.92 Å². The first-order valence-electron chi connectivity index (χ1n) is 8.84. The highest BCUT2D eigenvalue weighted by atomic mass is 19.3. The quantitative estimate of drug-likeness (QED) is 0.810. The predicted octanol–water partition coefficient (Wildman–Crippen LogP) is 1.31. The van der Waals surface area contributed by atoms with Crippen LogP contribution in [0, 0.1) is 17.8 Å². The van der Waals surface area contributed by atoms with Gasteiger partial charge in [-0.2, -0.15) is 13.8 Å². The summed E-state index contributed by atoms with van der Waals surface area (Å²) in [5.74, 6) is -2.46. The van der Waals surface area contributed by atoms with Gasteiger partial charge in [-0.25, -0.2) is 4.98 Å². The van der Waals surface area contributed by atoms with E-state index in [1.165, 1.54) is 6.07 Å². The molecule has 2 aliphatic heterocycles. The summed E-state index contributed by atoms with van der Waals surface area (Å²) in [6.07, 6.45) is -0.344. The number of fused-ring (bicyclic) bond motifs is 1. The lowest BCUT2D eigenvalue weighted by molar-refractivity contribution is -0.137. The molecule has 2 saturated heterocycles. The number of hydrogen-bond donors (Lipinski definition) is 2. The van der Waals surface area contributed by atoms with Gasteiger partial charge >= 0.3 is 5.97 Å². The van der Waals surface area contributed by atoms with Crippen molar-refractivity contribution >= 4 is 17.7 Å². The SMILES string of the molecule is C[C@H]1[C@H](O)CN1c1nc(N2C[C@@H]3[C@@H](CC(=O)O)[C@@H]3C2)cc(C(C)(F)F)n1. The first-order chi connectivity index (χ1) is 12.1. The molecule has 0 amide bonds. The van der Waals surface area contributed by atoms with E-state index in [1.807, 2.05) is 4.90 Å². The Labute approximate surface area is 149 Å². The summed E-state index contributed by atoms with van der Waals surface area (Å²) in [6, 6.07) is 1.11. The van der Waals surface area contributed by atoms with Crippen LogP contribution in [0.25, 0.3) is 0 Å². The van der Waals surface area contributed by atoms with Crippen molar-refractivity contribution in [3.8, 4) is 0 Å². The van der Waals surface area contributed by atoms with Gasteiger partial charge in [-0.15, -0.1) is 0 Å². The van der Waals surface area contributed by atoms with E-state index < -0.39 is 18.0 Å². The third kappa shape index (κ3) is 2.87. The summed E-state index contributed by atoms with van der Waals surface area (Å²) >= 11 is 0. The minimum absolute atomic E-state index is 0.166. The highest BCUT2D eigenvalue weighted by Gasteiger charge is 2.56. The van der Waals surface area contributed by atoms with Gasteiger partial charge in [-0.05, 0) is 24.7 Å². The van der Waals surface area contributed by atoms with Crippen LogP contribution in [0.5, 0.6) is 0 Å². The van der Waals surface area contributed by atoms with Gasteiger partial charge in [-0.3, -0.25) is 4.79 Å². The molecule has 5 atom stereocenters. The second-order valence-corrected chi connectivity index (χ2v) is 7.75. The van der Waals surface area contributed by atoms with Crippen molar-refractivity contribution in [2.24, 2.45) is 17.8 Å². The van der Waals surface area contributed by atoms with Crippen molar-refractivity contribution in [2.45, 2.75) is 38.3 Å². The van der Waals surface area contributed by atoms with Crippen LogP contribution in [0.3, 0.4) is 0 Å². The van der Waals surface area contributed by atoms with E-state index >= 15 is 0 Å². The number of aliphatic carboxylic acids is 1. The number of aliphatic hydroxyl groups excluding tert-OH is 1. The number of halogens is 2. The maximum atomic E-state index is 13.9. The van der Waals surface area contributed by atoms with Gasteiger partial charge < -0.3 is 20.0 Å². The number of anilines is 2. The molecule has 7 nitrogen and oxygen atoms in total. The smallest absolute Gasteiger partial charge is 0.303 e. The van der Waals surface area contributed by atoms with E-state index in [9.17, 15) is 18.7 Å². The van der Waals surface area contributed by atoms with E-state index in [0.29, 0.717) is 37.3 Å². The molecule has 1 saturated carbocycles. The lowest BCUT2D eigenvalue weighted by Crippen LogP contribution is -2.59. The number of piperidine rings is 1. The predicted molar refractivity (Wildman–Crippen MR) is 89.4 cm³/mol. The second-order valence-electron chi connectivity index (χ2n) is 7.75. The molecule has 3 fully saturated rings. The molecule has 9 heteroatoms. The van der Waals surface area contributed by atoms with Crippen LogP contribution in [0.2, 0.25) is 0 Å². The fourth-order valence-corrected chi connectivity index (χ4v) is 4.13. The number of rotatable bonds is 5. The number of aliphatic hydroxyl groups is 1. The normalized spacial score (nSPS) is 33.0. The Morgan fingerprint density at radius 3 is 2.46 bits per heavy atom. The molecule has 2 N–H and O–H groups in total. The Hall–Kier alpha value is -2.03. The molecule has 0 radical (unpaired) electrons. The zero-order chi connectivity index (χ0) is 18.8. The monoisotopic (exact) mass is 368 g/mol. The van der Waals surface area contributed by atoms with Crippen LogP contribution < -0.4 is 9.80 Å². The summed E-state index contributed by atoms with van der Waals surface area (Å²) < 4.78 is 27.8. The first-order valence-corrected chi connectivity index (χ1v) is 8.84. The summed E-state index contributed by atoms with van der Waals surface area (Å²) in [7, 11) is 0. The molecule has 26 heavy (non-hydrogen) atoms. The standard InChI is InChI=1S/C17H22F2N4O3/c1-8-12(24)7-23(8)16-20-13(17(2,18)19)4-14(21-16)22-5-10-9(3-15(25)26)11(10)6-22/h4,8-12,24H,3,5-7H2,1-2H3,(H,25,26)/t8-,9-,10-,11+,12+/m0/s1. The van der Waals surface area contributed by atoms with Gasteiger partial charge in [0.15, 0.2) is 0 Å². The molecule has 0 spiro atoms. The largest absolute Gasteiger partial charge is 0.481 e. The Balaban J connectivity index is 1.56. The van der Waals surface area contributed by atoms with Gasteiger partial charge in [0.2, 0.25) is 5.95 Å². The summed E-state index contributed by atoms with van der Waals surface area (Å²) in [6.45, 7) is 4.19. The summed E-state index contributed by atoms with van der Waals surface area (Å²) in [5, 5.41) is 18.6. The zero-order valence-electron chi connectivity index (χ0n) is 14.6. The number of carbonyl (C=O) groups is 1. The van der Waals surface area contributed by atoms with Crippen LogP contribution in [-0.4, -0.2) is 57.9 Å². The number of β-amino-alcohol motifs (C(OH)–C–C–N with tert-alkyl or cyclic N) is 1. The molecular weight excluding hydrogens is 346 g/mol. The number of aromatic nitrogens is 2. The van der Waals surface area contributed by atoms with E-state index in [0.717, 1.165) is 6.92 Å². The molecule has 3 aliphatic rings. The average molecular weight is 368 g/mol. The second kappa shape index (κ2) is 5.73. The zero-order valence-corrected chi connectivity index (χ0v) is 14.6. The van der Waals surface area contributed by atoms with E-state index in [2.05, 4.69) is 9.97 Å². The Morgan fingerprint density at radius 1 is 1.31 bits per heavy atom. The minimum atomic E-state index is -3.09. The van der Waals surface area contributed by atoms with Gasteiger partial charge in [0.05, 0.1) is 12.1 Å². The topological polar surface area (TPSA) is 89.8 Å². The van der Waals surface area contributed by atoms with Gasteiger partial charge in [0, 0.05) is 39.0 Å². The van der Waals surface area contributed by atoms with Crippen molar-refractivity contribution in [3.05, 3.63) is 11.8 Å². The molecule has 1 aliphatic carbocycles. The Morgan fingerprint density at radius 2 is 1.96 bits per heavy atom. The molecule has 1 aromatic heterocycles. The lowest BCUT2D eigenvalue weighted by atomic mass is 10.0. The molecule has 0 bridgehead atoms. The molecular formula is C17H22F2N4O3. The van der Waals surface area contributed by atoms with Crippen LogP contribution >= 0.6 is 0 Å². The van der Waals surface area contributed by atoms with Crippen molar-refractivity contribution in [2.75, 3.05) is 29.4 Å². The van der Waals surface area contributed by atoms with Crippen molar-refractivity contribution in [1.29, 1.82) is 0 Å². The van der Waals surface area contributed by atoms with E-state index in [-0.39, 0.29) is 30.0 Å². The molecule has 3 heterocycles. The van der Waals surface area contributed by atoms with Crippen LogP contribution in [-0.2, 0) is 10.7 Å². The first kappa shape index (κ1) is 17.4. The van der Waals surface area contributed by atoms with Gasteiger partial charge in [0.1, 0.15) is 11.5 Å². The number of carboxylic acids is 1. The maximum Gasteiger partial charge on any atom is 0.303 e. The van der Waals surface area contributed by atoms with Crippen LogP contribution in [0.4, 0.5) is 20.5 Å². The molecule has 0 aromatic carbocycles. The summed E-state index contributed by atoms with van der Waals surface area (Å²) in [5.41, 5.74) is -0.339. The molecule has 0 unspecified atom stereocenters. The Kier molecular flexibility index (Phi) is 3.83. The maximum absolute atomic E-state index is 13.9. The van der Waals surface area contributed by atoms with Crippen molar-refractivity contribution in [1.82, 2.24) is 9.97 Å². The van der Waals surface area contributed by atoms with Gasteiger partial charge in [-0.1, -0.05) is 0 Å². The third-order valence-corrected chi connectivity index (χ3v) is 5.95. The number of hydrogen-bond acceptors (Lipinski definition) is 6. The summed E-state index contributed by atoms with van der Waals surface area (Å²) in [4.78, 5) is 23.0. The average Bonchev–Trinajstić information content (AvgIpc) is 3.00. The fraction of sp³-hybridized carbons (Fsp3) is 0.706. The highest BCUT2D eigenvalue weighted by molar-refractivity contribution is 5.68. The van der Waals surface area contributed by atoms with E-state index in [1.54, 1.807) is 11.8 Å². The van der Waals surface area contributed by atoms with E-state index in [4.69, 9.17) is 5.11 Å². The molecule has 4 rings (SSSR count). The number of carboxylic acid groups (broad SMARTS) is 1. The Bertz CT molecular complexity index is 729. The van der Waals surface area contributed by atoms with Crippen LogP contribution in [0.15, 0.2) is 6.07 Å². The van der Waals surface area contributed by atoms with Crippen molar-refractivity contribution < 1.29 is 23.8 Å².